The third-order valence-electron chi connectivity index (χ3n) is 5.58. The van der Waals surface area contributed by atoms with Crippen LogP contribution in [0.3, 0.4) is 0 Å². The first-order valence-corrected chi connectivity index (χ1v) is 12.1. The Hall–Kier alpha value is -0.860. The number of hydrogen-bond acceptors (Lipinski definition) is 2. The van der Waals surface area contributed by atoms with E-state index in [0.29, 0.717) is 0 Å². The van der Waals surface area contributed by atoms with Crippen molar-refractivity contribution in [3.63, 3.8) is 0 Å². The standard InChI is InChI=1S/C26H46O2/c1-2-3-4-5-7-10-16-21-26(27)22-17-11-8-6-9-12-18-23-28-24-25-19-14-13-15-20-25/h13-15,19-20,26-27H,2-12,16-18,21-24H2,1H3. The van der Waals surface area contributed by atoms with Gasteiger partial charge in [0.2, 0.25) is 0 Å². The smallest absolute Gasteiger partial charge is 0.0716 e. The number of hydrogen-bond donors (Lipinski definition) is 1. The van der Waals surface area contributed by atoms with Crippen LogP contribution >= 0.6 is 0 Å². The zero-order valence-corrected chi connectivity index (χ0v) is 18.5. The van der Waals surface area contributed by atoms with Crippen LogP contribution in [0.15, 0.2) is 30.3 Å². The van der Waals surface area contributed by atoms with Gasteiger partial charge in [0.25, 0.3) is 0 Å². The van der Waals surface area contributed by atoms with Crippen LogP contribution < -0.4 is 0 Å². The van der Waals surface area contributed by atoms with Gasteiger partial charge in [-0.15, -0.1) is 0 Å². The topological polar surface area (TPSA) is 29.5 Å². The number of unbranched alkanes of at least 4 members (excludes halogenated alkanes) is 12. The van der Waals surface area contributed by atoms with Gasteiger partial charge < -0.3 is 9.84 Å². The molecule has 1 rings (SSSR count). The summed E-state index contributed by atoms with van der Waals surface area (Å²) in [6, 6.07) is 10.4. The molecule has 0 aliphatic rings. The normalized spacial score (nSPS) is 12.4. The Balaban J connectivity index is 1.75. The van der Waals surface area contributed by atoms with Crippen molar-refractivity contribution in [2.75, 3.05) is 6.61 Å². The second kappa shape index (κ2) is 19.5. The molecule has 0 aliphatic heterocycles. The maximum atomic E-state index is 10.1. The van der Waals surface area contributed by atoms with Gasteiger partial charge in [-0.05, 0) is 24.8 Å². The van der Waals surface area contributed by atoms with E-state index in [9.17, 15) is 5.11 Å². The van der Waals surface area contributed by atoms with Crippen molar-refractivity contribution in [3.05, 3.63) is 35.9 Å². The second-order valence-electron chi connectivity index (χ2n) is 8.37. The maximum Gasteiger partial charge on any atom is 0.0716 e. The van der Waals surface area contributed by atoms with Crippen LogP contribution in [0.25, 0.3) is 0 Å². The van der Waals surface area contributed by atoms with Crippen LogP contribution in [0, 0.1) is 0 Å². The van der Waals surface area contributed by atoms with E-state index in [-0.39, 0.29) is 6.10 Å². The average Bonchev–Trinajstić information content (AvgIpc) is 2.72. The van der Waals surface area contributed by atoms with Crippen LogP contribution in [-0.2, 0) is 11.3 Å². The molecule has 0 aromatic heterocycles. The molecule has 0 aliphatic carbocycles. The molecule has 0 saturated carbocycles. The highest BCUT2D eigenvalue weighted by molar-refractivity contribution is 5.13. The molecular weight excluding hydrogens is 344 g/mol. The largest absolute Gasteiger partial charge is 0.393 e. The predicted molar refractivity (Wildman–Crippen MR) is 122 cm³/mol. The number of rotatable bonds is 20. The monoisotopic (exact) mass is 390 g/mol. The minimum Gasteiger partial charge on any atom is -0.393 e. The fourth-order valence-electron chi connectivity index (χ4n) is 3.71. The van der Waals surface area contributed by atoms with E-state index in [4.69, 9.17) is 4.74 Å². The first-order valence-electron chi connectivity index (χ1n) is 12.1. The summed E-state index contributed by atoms with van der Waals surface area (Å²) < 4.78 is 5.73. The van der Waals surface area contributed by atoms with Crippen molar-refractivity contribution in [1.29, 1.82) is 0 Å². The van der Waals surface area contributed by atoms with Gasteiger partial charge >= 0.3 is 0 Å². The van der Waals surface area contributed by atoms with Crippen LogP contribution in [0.4, 0.5) is 0 Å². The van der Waals surface area contributed by atoms with Crippen LogP contribution in [0.5, 0.6) is 0 Å². The Morgan fingerprint density at radius 1 is 0.679 bits per heavy atom. The Morgan fingerprint density at radius 3 is 1.75 bits per heavy atom. The fraction of sp³-hybridized carbons (Fsp3) is 0.769. The molecule has 2 heteroatoms. The highest BCUT2D eigenvalue weighted by Gasteiger charge is 2.03. The molecule has 0 spiro atoms. The molecular formula is C26H46O2. The minimum absolute atomic E-state index is 0.0580. The van der Waals surface area contributed by atoms with Gasteiger partial charge in [-0.1, -0.05) is 121 Å². The number of benzene rings is 1. The Labute approximate surface area is 175 Å². The van der Waals surface area contributed by atoms with Gasteiger partial charge in [0.05, 0.1) is 12.7 Å². The molecule has 0 radical (unpaired) electrons. The summed E-state index contributed by atoms with van der Waals surface area (Å²) in [5.74, 6) is 0. The number of aliphatic hydroxyl groups is 1. The Kier molecular flexibility index (Phi) is 17.5. The van der Waals surface area contributed by atoms with E-state index < -0.39 is 0 Å². The van der Waals surface area contributed by atoms with Gasteiger partial charge in [-0.2, -0.15) is 0 Å². The lowest BCUT2D eigenvalue weighted by molar-refractivity contribution is 0.116. The summed E-state index contributed by atoms with van der Waals surface area (Å²) in [6.45, 7) is 3.88. The molecule has 0 saturated heterocycles. The van der Waals surface area contributed by atoms with Crippen LogP contribution in [0.1, 0.15) is 115 Å². The molecule has 1 aromatic rings. The zero-order valence-electron chi connectivity index (χ0n) is 18.5. The number of ether oxygens (including phenoxy) is 1. The third kappa shape index (κ3) is 16.1. The van der Waals surface area contributed by atoms with Crippen LogP contribution in [-0.4, -0.2) is 17.8 Å². The fourth-order valence-corrected chi connectivity index (χ4v) is 3.71. The summed E-state index contributed by atoms with van der Waals surface area (Å²) in [6.07, 6.45) is 20.2. The molecule has 0 heterocycles. The SMILES string of the molecule is CCCCCCCCCC(O)CCCCCCCCCOCc1ccccc1. The van der Waals surface area contributed by atoms with E-state index in [1.807, 2.05) is 6.07 Å². The molecule has 1 unspecified atom stereocenters. The van der Waals surface area contributed by atoms with Gasteiger partial charge in [0.1, 0.15) is 0 Å². The predicted octanol–water partition coefficient (Wildman–Crippen LogP) is 7.83. The molecule has 1 N–H and O–H groups in total. The van der Waals surface area contributed by atoms with E-state index in [2.05, 4.69) is 31.2 Å². The second-order valence-corrected chi connectivity index (χ2v) is 8.37. The molecule has 0 amide bonds. The lowest BCUT2D eigenvalue weighted by Gasteiger charge is -2.10. The number of aliphatic hydroxyl groups excluding tert-OH is 1. The van der Waals surface area contributed by atoms with Crippen molar-refractivity contribution < 1.29 is 9.84 Å². The molecule has 162 valence electrons. The Morgan fingerprint density at radius 2 is 1.18 bits per heavy atom. The van der Waals surface area contributed by atoms with Gasteiger partial charge in [-0.3, -0.25) is 0 Å². The van der Waals surface area contributed by atoms with Crippen molar-refractivity contribution in [1.82, 2.24) is 0 Å². The van der Waals surface area contributed by atoms with Gasteiger partial charge in [0.15, 0.2) is 0 Å². The van der Waals surface area contributed by atoms with Crippen molar-refractivity contribution in [2.24, 2.45) is 0 Å². The maximum absolute atomic E-state index is 10.1. The molecule has 28 heavy (non-hydrogen) atoms. The summed E-state index contributed by atoms with van der Waals surface area (Å²) in [7, 11) is 0. The van der Waals surface area contributed by atoms with E-state index in [1.54, 1.807) is 0 Å². The summed E-state index contributed by atoms with van der Waals surface area (Å²) in [5, 5.41) is 10.1. The quantitative estimate of drug-likeness (QED) is 0.230. The summed E-state index contributed by atoms with van der Waals surface area (Å²) >= 11 is 0. The van der Waals surface area contributed by atoms with E-state index in [1.165, 1.54) is 95.5 Å². The summed E-state index contributed by atoms with van der Waals surface area (Å²) in [5.41, 5.74) is 1.26. The zero-order chi connectivity index (χ0) is 20.1. The Bertz CT molecular complexity index is 418. The lowest BCUT2D eigenvalue weighted by atomic mass is 10.0. The van der Waals surface area contributed by atoms with Gasteiger partial charge in [-0.25, -0.2) is 0 Å². The molecule has 1 atom stereocenters. The van der Waals surface area contributed by atoms with Crippen molar-refractivity contribution in [2.45, 2.75) is 122 Å². The molecule has 0 bridgehead atoms. The van der Waals surface area contributed by atoms with Gasteiger partial charge in [0, 0.05) is 6.61 Å². The third-order valence-corrected chi connectivity index (χ3v) is 5.58. The average molecular weight is 391 g/mol. The summed E-state index contributed by atoms with van der Waals surface area (Å²) in [4.78, 5) is 0. The minimum atomic E-state index is -0.0580. The highest BCUT2D eigenvalue weighted by atomic mass is 16.5. The van der Waals surface area contributed by atoms with Crippen molar-refractivity contribution in [3.8, 4) is 0 Å². The van der Waals surface area contributed by atoms with Crippen LogP contribution in [0.2, 0.25) is 0 Å². The first-order chi connectivity index (χ1) is 13.8. The highest BCUT2D eigenvalue weighted by Crippen LogP contribution is 2.14. The van der Waals surface area contributed by atoms with Crippen molar-refractivity contribution >= 4 is 0 Å². The van der Waals surface area contributed by atoms with E-state index in [0.717, 1.165) is 26.1 Å². The molecule has 0 fully saturated rings. The molecule has 2 nitrogen and oxygen atoms in total. The molecule has 1 aromatic carbocycles. The lowest BCUT2D eigenvalue weighted by Crippen LogP contribution is -2.05. The first kappa shape index (κ1) is 25.2. The van der Waals surface area contributed by atoms with E-state index >= 15 is 0 Å².